The number of pyridine rings is 2. The molecule has 1 atom stereocenters. The van der Waals surface area contributed by atoms with Crippen molar-refractivity contribution in [2.75, 3.05) is 6.54 Å². The summed E-state index contributed by atoms with van der Waals surface area (Å²) in [4.78, 5) is 23.1. The lowest BCUT2D eigenvalue weighted by molar-refractivity contribution is 0.0600. The SMILES string of the molecule is O=C(c1ccc2n[nH]nc2n1)N1CCCCC1c1ccc(F)cn1. The lowest BCUT2D eigenvalue weighted by Crippen LogP contribution is -2.39. The van der Waals surface area contributed by atoms with Gasteiger partial charge in [-0.3, -0.25) is 9.78 Å². The molecule has 0 saturated carbocycles. The van der Waals surface area contributed by atoms with Crippen LogP contribution in [0.15, 0.2) is 30.5 Å². The molecule has 8 heteroatoms. The van der Waals surface area contributed by atoms with Crippen LogP contribution in [0.5, 0.6) is 0 Å². The van der Waals surface area contributed by atoms with Gasteiger partial charge < -0.3 is 4.90 Å². The van der Waals surface area contributed by atoms with Crippen molar-refractivity contribution in [3.05, 3.63) is 47.7 Å². The standard InChI is InChI=1S/C16H15FN6O/c17-10-4-5-11(18-9-10)14-3-1-2-8-23(14)16(24)13-7-6-12-15(19-13)21-22-20-12/h4-7,9,14H,1-3,8H2,(H,19,20,21,22). The van der Waals surface area contributed by atoms with E-state index >= 15 is 0 Å². The minimum atomic E-state index is -0.384. The maximum absolute atomic E-state index is 13.1. The second-order valence-electron chi connectivity index (χ2n) is 5.77. The molecule has 1 unspecified atom stereocenters. The Bertz CT molecular complexity index is 878. The van der Waals surface area contributed by atoms with Crippen LogP contribution in [0.25, 0.3) is 11.2 Å². The number of likely N-dealkylation sites (tertiary alicyclic amines) is 1. The molecule has 0 aromatic carbocycles. The fourth-order valence-corrected chi connectivity index (χ4v) is 3.07. The molecular formula is C16H15FN6O. The van der Waals surface area contributed by atoms with E-state index in [2.05, 4.69) is 25.4 Å². The third-order valence-electron chi connectivity index (χ3n) is 4.26. The van der Waals surface area contributed by atoms with E-state index in [4.69, 9.17) is 0 Å². The lowest BCUT2D eigenvalue weighted by Gasteiger charge is -2.35. The molecule has 0 spiro atoms. The van der Waals surface area contributed by atoms with Crippen LogP contribution >= 0.6 is 0 Å². The Balaban J connectivity index is 1.66. The van der Waals surface area contributed by atoms with Crippen molar-refractivity contribution in [2.45, 2.75) is 25.3 Å². The van der Waals surface area contributed by atoms with Crippen LogP contribution in [-0.4, -0.2) is 42.7 Å². The molecule has 7 nitrogen and oxygen atoms in total. The Morgan fingerprint density at radius 3 is 2.96 bits per heavy atom. The van der Waals surface area contributed by atoms with Crippen LogP contribution in [-0.2, 0) is 0 Å². The summed E-state index contributed by atoms with van der Waals surface area (Å²) in [6.07, 6.45) is 3.92. The number of piperidine rings is 1. The summed E-state index contributed by atoms with van der Waals surface area (Å²) in [5.41, 5.74) is 2.05. The topological polar surface area (TPSA) is 87.7 Å². The van der Waals surface area contributed by atoms with E-state index in [1.807, 2.05) is 0 Å². The minimum absolute atomic E-state index is 0.165. The molecule has 4 rings (SSSR count). The maximum atomic E-state index is 13.1. The Morgan fingerprint density at radius 2 is 2.12 bits per heavy atom. The fraction of sp³-hybridized carbons (Fsp3) is 0.312. The third-order valence-corrected chi connectivity index (χ3v) is 4.26. The summed E-state index contributed by atoms with van der Waals surface area (Å²) in [6.45, 7) is 0.626. The van der Waals surface area contributed by atoms with Gasteiger partial charge >= 0.3 is 0 Å². The van der Waals surface area contributed by atoms with Crippen LogP contribution < -0.4 is 0 Å². The molecule has 24 heavy (non-hydrogen) atoms. The van der Waals surface area contributed by atoms with E-state index in [1.54, 1.807) is 23.1 Å². The first kappa shape index (κ1) is 14.7. The molecule has 1 fully saturated rings. The number of nitrogens with zero attached hydrogens (tertiary/aromatic N) is 5. The predicted molar refractivity (Wildman–Crippen MR) is 83.5 cm³/mol. The molecule has 122 valence electrons. The van der Waals surface area contributed by atoms with Gasteiger partial charge in [-0.1, -0.05) is 0 Å². The quantitative estimate of drug-likeness (QED) is 0.780. The highest BCUT2D eigenvalue weighted by molar-refractivity contribution is 5.94. The molecule has 0 aliphatic carbocycles. The summed E-state index contributed by atoms with van der Waals surface area (Å²) in [5, 5.41) is 10.3. The molecule has 1 N–H and O–H groups in total. The summed E-state index contributed by atoms with van der Waals surface area (Å²) in [5.74, 6) is -0.554. The van der Waals surface area contributed by atoms with Crippen molar-refractivity contribution in [3.63, 3.8) is 0 Å². The van der Waals surface area contributed by atoms with E-state index in [1.165, 1.54) is 12.3 Å². The largest absolute Gasteiger partial charge is 0.329 e. The summed E-state index contributed by atoms with van der Waals surface area (Å²) in [6, 6.07) is 6.21. The van der Waals surface area contributed by atoms with Gasteiger partial charge in [0, 0.05) is 6.54 Å². The zero-order valence-corrected chi connectivity index (χ0v) is 12.8. The van der Waals surface area contributed by atoms with E-state index in [0.29, 0.717) is 29.1 Å². The van der Waals surface area contributed by atoms with Crippen molar-refractivity contribution in [2.24, 2.45) is 0 Å². The average molecular weight is 326 g/mol. The molecule has 4 heterocycles. The van der Waals surface area contributed by atoms with Gasteiger partial charge in [0.1, 0.15) is 17.0 Å². The number of nitrogens with one attached hydrogen (secondary N) is 1. The predicted octanol–water partition coefficient (Wildman–Crippen LogP) is 2.25. The number of carbonyl (C=O) groups is 1. The van der Waals surface area contributed by atoms with Crippen LogP contribution in [0.3, 0.4) is 0 Å². The zero-order chi connectivity index (χ0) is 16.5. The number of aromatic nitrogens is 5. The van der Waals surface area contributed by atoms with E-state index in [0.717, 1.165) is 19.3 Å². The highest BCUT2D eigenvalue weighted by Gasteiger charge is 2.30. The number of halogens is 1. The minimum Gasteiger partial charge on any atom is -0.329 e. The van der Waals surface area contributed by atoms with Gasteiger partial charge in [0.15, 0.2) is 0 Å². The van der Waals surface area contributed by atoms with Crippen molar-refractivity contribution in [1.29, 1.82) is 0 Å². The van der Waals surface area contributed by atoms with Gasteiger partial charge in [0.2, 0.25) is 5.65 Å². The number of hydrogen-bond donors (Lipinski definition) is 1. The molecule has 1 aliphatic rings. The Kier molecular flexibility index (Phi) is 3.64. The Hall–Kier alpha value is -2.90. The monoisotopic (exact) mass is 326 g/mol. The number of carbonyl (C=O) groups excluding carboxylic acids is 1. The molecule has 3 aromatic rings. The number of aromatic amines is 1. The lowest BCUT2D eigenvalue weighted by atomic mass is 9.98. The van der Waals surface area contributed by atoms with Gasteiger partial charge in [-0.05, 0) is 43.5 Å². The fourth-order valence-electron chi connectivity index (χ4n) is 3.07. The van der Waals surface area contributed by atoms with E-state index in [-0.39, 0.29) is 17.8 Å². The number of hydrogen-bond acceptors (Lipinski definition) is 5. The number of H-pyrrole nitrogens is 1. The first-order valence-corrected chi connectivity index (χ1v) is 7.82. The third kappa shape index (κ3) is 2.60. The van der Waals surface area contributed by atoms with Gasteiger partial charge in [-0.15, -0.1) is 5.10 Å². The second kappa shape index (κ2) is 5.95. The van der Waals surface area contributed by atoms with Crippen LogP contribution in [0.1, 0.15) is 41.5 Å². The first-order chi connectivity index (χ1) is 11.7. The molecular weight excluding hydrogens is 311 g/mol. The second-order valence-corrected chi connectivity index (χ2v) is 5.77. The molecule has 1 aliphatic heterocycles. The number of amides is 1. The smallest absolute Gasteiger partial charge is 0.273 e. The van der Waals surface area contributed by atoms with Crippen molar-refractivity contribution in [1.82, 2.24) is 30.3 Å². The van der Waals surface area contributed by atoms with Crippen LogP contribution in [0.4, 0.5) is 4.39 Å². The van der Waals surface area contributed by atoms with Crippen LogP contribution in [0, 0.1) is 5.82 Å². The molecule has 3 aromatic heterocycles. The van der Waals surface area contributed by atoms with E-state index in [9.17, 15) is 9.18 Å². The summed E-state index contributed by atoms with van der Waals surface area (Å²) >= 11 is 0. The summed E-state index contributed by atoms with van der Waals surface area (Å²) in [7, 11) is 0. The Labute approximate surface area is 136 Å². The van der Waals surface area contributed by atoms with Crippen molar-refractivity contribution >= 4 is 17.1 Å². The first-order valence-electron chi connectivity index (χ1n) is 7.82. The van der Waals surface area contributed by atoms with Gasteiger partial charge in [-0.25, -0.2) is 9.37 Å². The van der Waals surface area contributed by atoms with Gasteiger partial charge in [0.05, 0.1) is 17.9 Å². The number of rotatable bonds is 2. The Morgan fingerprint density at radius 1 is 1.21 bits per heavy atom. The van der Waals surface area contributed by atoms with Gasteiger partial charge in [-0.2, -0.15) is 10.3 Å². The normalized spacial score (nSPS) is 18.0. The maximum Gasteiger partial charge on any atom is 0.273 e. The van der Waals surface area contributed by atoms with Crippen molar-refractivity contribution < 1.29 is 9.18 Å². The highest BCUT2D eigenvalue weighted by Crippen LogP contribution is 2.31. The number of fused-ring (bicyclic) bond motifs is 1. The van der Waals surface area contributed by atoms with E-state index < -0.39 is 0 Å². The summed E-state index contributed by atoms with van der Waals surface area (Å²) < 4.78 is 13.1. The molecule has 1 amide bonds. The van der Waals surface area contributed by atoms with Crippen LogP contribution in [0.2, 0.25) is 0 Å². The van der Waals surface area contributed by atoms with Crippen molar-refractivity contribution in [3.8, 4) is 0 Å². The molecule has 0 bridgehead atoms. The molecule has 0 radical (unpaired) electrons. The molecule has 1 saturated heterocycles. The average Bonchev–Trinajstić information content (AvgIpc) is 3.09. The van der Waals surface area contributed by atoms with Gasteiger partial charge in [0.25, 0.3) is 5.91 Å². The zero-order valence-electron chi connectivity index (χ0n) is 12.8. The highest BCUT2D eigenvalue weighted by atomic mass is 19.1.